The van der Waals surface area contributed by atoms with Crippen molar-refractivity contribution in [1.82, 2.24) is 4.90 Å². The van der Waals surface area contributed by atoms with Gasteiger partial charge in [-0.05, 0) is 12.8 Å². The summed E-state index contributed by atoms with van der Waals surface area (Å²) in [4.78, 5) is 34.8. The minimum absolute atomic E-state index is 0.0466. The third-order valence-corrected chi connectivity index (χ3v) is 2.77. The molecule has 6 heteroatoms. The predicted octanol–water partition coefficient (Wildman–Crippen LogP) is 0.397. The zero-order valence-corrected chi connectivity index (χ0v) is 10.8. The van der Waals surface area contributed by atoms with Gasteiger partial charge in [-0.1, -0.05) is 12.8 Å². The van der Waals surface area contributed by atoms with Crippen molar-refractivity contribution in [2.75, 3.05) is 19.8 Å². The highest BCUT2D eigenvalue weighted by Crippen LogP contribution is 2.08. The molecule has 1 rings (SSSR count). The van der Waals surface area contributed by atoms with Gasteiger partial charge in [0.2, 0.25) is 0 Å². The van der Waals surface area contributed by atoms with Gasteiger partial charge in [0.1, 0.15) is 6.61 Å². The fourth-order valence-corrected chi connectivity index (χ4v) is 1.78. The summed E-state index contributed by atoms with van der Waals surface area (Å²) in [5, 5.41) is 8.46. The Bertz CT molecular complexity index is 346. The third-order valence-electron chi connectivity index (χ3n) is 2.77. The fourth-order valence-electron chi connectivity index (χ4n) is 1.78. The highest BCUT2D eigenvalue weighted by molar-refractivity contribution is 6.12. The van der Waals surface area contributed by atoms with E-state index >= 15 is 0 Å². The van der Waals surface area contributed by atoms with Crippen molar-refractivity contribution in [3.63, 3.8) is 0 Å². The lowest BCUT2D eigenvalue weighted by atomic mass is 10.1. The molecule has 6 nitrogen and oxygen atoms in total. The van der Waals surface area contributed by atoms with Crippen LogP contribution in [-0.2, 0) is 19.1 Å². The lowest BCUT2D eigenvalue weighted by Gasteiger charge is -2.12. The van der Waals surface area contributed by atoms with Crippen molar-refractivity contribution in [3.05, 3.63) is 12.2 Å². The Balaban J connectivity index is 1.98. The molecule has 1 N–H and O–H groups in total. The van der Waals surface area contributed by atoms with Crippen LogP contribution in [0.3, 0.4) is 0 Å². The number of unbranched alkanes of at least 4 members (excludes halogenated alkanes) is 3. The summed E-state index contributed by atoms with van der Waals surface area (Å²) < 4.78 is 4.71. The summed E-state index contributed by atoms with van der Waals surface area (Å²) in [7, 11) is 0. The molecule has 0 radical (unpaired) electrons. The van der Waals surface area contributed by atoms with E-state index in [9.17, 15) is 14.4 Å². The van der Waals surface area contributed by atoms with Crippen LogP contribution in [-0.4, -0.2) is 47.5 Å². The topological polar surface area (TPSA) is 83.9 Å². The maximum Gasteiger partial charge on any atom is 0.305 e. The zero-order chi connectivity index (χ0) is 14.1. The molecule has 1 aliphatic rings. The first-order valence-electron chi connectivity index (χ1n) is 6.45. The van der Waals surface area contributed by atoms with Gasteiger partial charge in [0.25, 0.3) is 11.8 Å². The molecule has 1 aliphatic heterocycles. The minimum atomic E-state index is -0.303. The zero-order valence-electron chi connectivity index (χ0n) is 10.8. The van der Waals surface area contributed by atoms with E-state index in [2.05, 4.69) is 0 Å². The number of carbonyl (C=O) groups excluding carboxylic acids is 3. The molecule has 0 spiro atoms. The predicted molar refractivity (Wildman–Crippen MR) is 67.0 cm³/mol. The molecule has 0 aromatic rings. The molecule has 0 aromatic carbocycles. The van der Waals surface area contributed by atoms with Crippen LogP contribution in [0.1, 0.15) is 32.1 Å². The molecule has 0 bridgehead atoms. The number of ether oxygens (including phenoxy) is 1. The second-order valence-electron chi connectivity index (χ2n) is 4.27. The van der Waals surface area contributed by atoms with Gasteiger partial charge in [-0.2, -0.15) is 0 Å². The standard InChI is InChI=1S/C13H19NO5/c15-9-10-19-13(18)5-3-1-2-4-8-14-11(16)6-7-12(14)17/h6-7,15H,1-5,8-10H2. The van der Waals surface area contributed by atoms with Crippen molar-refractivity contribution >= 4 is 17.8 Å². The van der Waals surface area contributed by atoms with Crippen LogP contribution in [0, 0.1) is 0 Å². The maximum absolute atomic E-state index is 11.2. The van der Waals surface area contributed by atoms with Gasteiger partial charge in [0.15, 0.2) is 0 Å². The number of amides is 2. The number of nitrogens with zero attached hydrogens (tertiary/aromatic N) is 1. The van der Waals surface area contributed by atoms with Gasteiger partial charge in [-0.25, -0.2) is 0 Å². The molecular formula is C13H19NO5. The van der Waals surface area contributed by atoms with Crippen LogP contribution < -0.4 is 0 Å². The van der Waals surface area contributed by atoms with Gasteiger partial charge in [0, 0.05) is 25.1 Å². The molecule has 0 aliphatic carbocycles. The first kappa shape index (κ1) is 15.4. The first-order valence-corrected chi connectivity index (χ1v) is 6.45. The molecule has 0 atom stereocenters. The quantitative estimate of drug-likeness (QED) is 0.372. The molecule has 0 saturated heterocycles. The molecule has 1 heterocycles. The number of hydrogen-bond donors (Lipinski definition) is 1. The molecule has 2 amide bonds. The third kappa shape index (κ3) is 5.65. The van der Waals surface area contributed by atoms with E-state index in [1.165, 1.54) is 17.1 Å². The highest BCUT2D eigenvalue weighted by Gasteiger charge is 2.22. The Labute approximate surface area is 112 Å². The number of hydrogen-bond acceptors (Lipinski definition) is 5. The Hall–Kier alpha value is -1.69. The minimum Gasteiger partial charge on any atom is -0.463 e. The molecule has 0 fully saturated rings. The van der Waals surface area contributed by atoms with E-state index in [1.54, 1.807) is 0 Å². The summed E-state index contributed by atoms with van der Waals surface area (Å²) in [5.41, 5.74) is 0. The lowest BCUT2D eigenvalue weighted by Crippen LogP contribution is -2.30. The second kappa shape index (κ2) is 8.42. The first-order chi connectivity index (χ1) is 9.15. The van der Waals surface area contributed by atoms with E-state index in [4.69, 9.17) is 9.84 Å². The summed E-state index contributed by atoms with van der Waals surface area (Å²) in [6.07, 6.45) is 6.04. The molecule has 0 aromatic heterocycles. The molecule has 19 heavy (non-hydrogen) atoms. The van der Waals surface area contributed by atoms with Crippen molar-refractivity contribution in [1.29, 1.82) is 0 Å². The Morgan fingerprint density at radius 2 is 1.74 bits per heavy atom. The summed E-state index contributed by atoms with van der Waals surface area (Å²) >= 11 is 0. The smallest absolute Gasteiger partial charge is 0.305 e. The van der Waals surface area contributed by atoms with E-state index < -0.39 is 0 Å². The van der Waals surface area contributed by atoms with Gasteiger partial charge >= 0.3 is 5.97 Å². The van der Waals surface area contributed by atoms with Crippen LogP contribution in [0.5, 0.6) is 0 Å². The van der Waals surface area contributed by atoms with Crippen molar-refractivity contribution < 1.29 is 24.2 Å². The van der Waals surface area contributed by atoms with E-state index in [0.717, 1.165) is 19.3 Å². The maximum atomic E-state index is 11.2. The summed E-state index contributed by atoms with van der Waals surface area (Å²) in [5.74, 6) is -0.807. The van der Waals surface area contributed by atoms with Gasteiger partial charge in [0.05, 0.1) is 6.61 Å². The largest absolute Gasteiger partial charge is 0.463 e. The molecule has 106 valence electrons. The van der Waals surface area contributed by atoms with Crippen LogP contribution in [0.15, 0.2) is 12.2 Å². The Kier molecular flexibility index (Phi) is 6.81. The number of esters is 1. The number of aliphatic hydroxyl groups is 1. The van der Waals surface area contributed by atoms with Crippen LogP contribution in [0.2, 0.25) is 0 Å². The van der Waals surface area contributed by atoms with E-state index in [0.29, 0.717) is 19.4 Å². The molecule has 0 unspecified atom stereocenters. The molecular weight excluding hydrogens is 250 g/mol. The van der Waals surface area contributed by atoms with E-state index in [-0.39, 0.29) is 31.0 Å². The van der Waals surface area contributed by atoms with Crippen molar-refractivity contribution in [3.8, 4) is 0 Å². The van der Waals surface area contributed by atoms with Crippen LogP contribution in [0.25, 0.3) is 0 Å². The monoisotopic (exact) mass is 269 g/mol. The molecule has 0 saturated carbocycles. The summed E-state index contributed by atoms with van der Waals surface area (Å²) in [6, 6.07) is 0. The number of aliphatic hydroxyl groups excluding tert-OH is 1. The Morgan fingerprint density at radius 3 is 2.37 bits per heavy atom. The second-order valence-corrected chi connectivity index (χ2v) is 4.27. The van der Waals surface area contributed by atoms with Crippen molar-refractivity contribution in [2.24, 2.45) is 0 Å². The number of rotatable bonds is 9. The van der Waals surface area contributed by atoms with Gasteiger partial charge < -0.3 is 9.84 Å². The lowest BCUT2D eigenvalue weighted by molar-refractivity contribution is -0.144. The fraction of sp³-hybridized carbons (Fsp3) is 0.615. The Morgan fingerprint density at radius 1 is 1.11 bits per heavy atom. The highest BCUT2D eigenvalue weighted by atomic mass is 16.5. The normalized spacial score (nSPS) is 14.3. The number of carbonyl (C=O) groups is 3. The number of imide groups is 1. The van der Waals surface area contributed by atoms with Gasteiger partial charge in [-0.15, -0.1) is 0 Å². The SMILES string of the molecule is O=C(CCCCCCN1C(=O)C=CC1=O)OCCO. The summed E-state index contributed by atoms with van der Waals surface area (Å²) in [6.45, 7) is 0.322. The van der Waals surface area contributed by atoms with Gasteiger partial charge in [-0.3, -0.25) is 19.3 Å². The average molecular weight is 269 g/mol. The van der Waals surface area contributed by atoms with Crippen LogP contribution in [0.4, 0.5) is 0 Å². The van der Waals surface area contributed by atoms with Crippen molar-refractivity contribution in [2.45, 2.75) is 32.1 Å². The van der Waals surface area contributed by atoms with Crippen LogP contribution >= 0.6 is 0 Å². The average Bonchev–Trinajstić information content (AvgIpc) is 2.71. The van der Waals surface area contributed by atoms with E-state index in [1.807, 2.05) is 0 Å².